The number of halogens is 4. The third kappa shape index (κ3) is 4.90. The van der Waals surface area contributed by atoms with Crippen molar-refractivity contribution < 1.29 is 17.9 Å². The van der Waals surface area contributed by atoms with Crippen LogP contribution in [-0.2, 0) is 12.6 Å². The number of hydrogen-bond donors (Lipinski definition) is 0. The summed E-state index contributed by atoms with van der Waals surface area (Å²) >= 11 is 5.57. The first-order valence-electron chi connectivity index (χ1n) is 6.21. The van der Waals surface area contributed by atoms with Gasteiger partial charge in [-0.1, -0.05) is 11.6 Å². The van der Waals surface area contributed by atoms with E-state index >= 15 is 0 Å². The second-order valence-electron chi connectivity index (χ2n) is 4.32. The maximum atomic E-state index is 12.6. The highest BCUT2D eigenvalue weighted by molar-refractivity contribution is 6.29. The molecule has 0 fully saturated rings. The van der Waals surface area contributed by atoms with Crippen molar-refractivity contribution in [1.29, 1.82) is 0 Å². The van der Waals surface area contributed by atoms with Gasteiger partial charge in [-0.3, -0.25) is 4.98 Å². The minimum atomic E-state index is -4.47. The number of alkyl halides is 3. The molecule has 2 heterocycles. The zero-order valence-corrected chi connectivity index (χ0v) is 11.7. The van der Waals surface area contributed by atoms with Crippen LogP contribution in [0.4, 0.5) is 13.2 Å². The van der Waals surface area contributed by atoms with Crippen LogP contribution in [0.1, 0.15) is 17.5 Å². The molecule has 0 aliphatic heterocycles. The monoisotopic (exact) mass is 316 g/mol. The van der Waals surface area contributed by atoms with Crippen LogP contribution in [0.5, 0.6) is 5.88 Å². The first kappa shape index (κ1) is 15.6. The van der Waals surface area contributed by atoms with Gasteiger partial charge in [-0.15, -0.1) is 0 Å². The minimum absolute atomic E-state index is 0.121. The molecule has 0 atom stereocenters. The van der Waals surface area contributed by atoms with Crippen molar-refractivity contribution in [1.82, 2.24) is 9.97 Å². The van der Waals surface area contributed by atoms with E-state index in [1.165, 1.54) is 0 Å². The molecule has 0 aliphatic rings. The summed E-state index contributed by atoms with van der Waals surface area (Å²) in [6, 6.07) is 5.36. The Balaban J connectivity index is 1.90. The molecule has 0 unspecified atom stereocenters. The van der Waals surface area contributed by atoms with Gasteiger partial charge in [0, 0.05) is 18.5 Å². The summed E-state index contributed by atoms with van der Waals surface area (Å²) in [7, 11) is 0. The summed E-state index contributed by atoms with van der Waals surface area (Å²) in [6.45, 7) is 0.257. The predicted molar refractivity (Wildman–Crippen MR) is 72.3 cm³/mol. The molecule has 2 aromatic heterocycles. The molecule has 3 nitrogen and oxygen atoms in total. The molecule has 2 aromatic rings. The van der Waals surface area contributed by atoms with Crippen LogP contribution >= 0.6 is 11.6 Å². The first-order chi connectivity index (χ1) is 9.95. The fourth-order valence-corrected chi connectivity index (χ4v) is 1.91. The summed E-state index contributed by atoms with van der Waals surface area (Å²) < 4.78 is 43.1. The normalized spacial score (nSPS) is 11.4. The molecule has 0 aromatic carbocycles. The van der Waals surface area contributed by atoms with Crippen LogP contribution in [0.15, 0.2) is 36.7 Å². The van der Waals surface area contributed by atoms with Gasteiger partial charge in [0.2, 0.25) is 5.88 Å². The van der Waals surface area contributed by atoms with Crippen molar-refractivity contribution in [2.75, 3.05) is 6.61 Å². The lowest BCUT2D eigenvalue weighted by molar-refractivity contribution is -0.137. The topological polar surface area (TPSA) is 35.0 Å². The first-order valence-corrected chi connectivity index (χ1v) is 6.59. The molecule has 0 N–H and O–H groups in total. The maximum absolute atomic E-state index is 12.6. The molecule has 0 aliphatic carbocycles. The molecular formula is C14H12ClF3N2O. The molecule has 0 spiro atoms. The standard InChI is InChI=1S/C14H12ClF3N2O/c15-12-8-11(14(16,17)18)9-13(20-12)21-7-1-2-10-3-5-19-6-4-10/h3-6,8-9H,1-2,7H2. The molecule has 0 saturated carbocycles. The molecule has 112 valence electrons. The van der Waals surface area contributed by atoms with Gasteiger partial charge >= 0.3 is 6.18 Å². The van der Waals surface area contributed by atoms with Gasteiger partial charge in [-0.25, -0.2) is 4.98 Å². The smallest absolute Gasteiger partial charge is 0.416 e. The van der Waals surface area contributed by atoms with Crippen molar-refractivity contribution in [3.8, 4) is 5.88 Å². The van der Waals surface area contributed by atoms with Crippen molar-refractivity contribution in [3.63, 3.8) is 0 Å². The zero-order chi connectivity index (χ0) is 15.3. The lowest BCUT2D eigenvalue weighted by atomic mass is 10.1. The molecule has 21 heavy (non-hydrogen) atoms. The van der Waals surface area contributed by atoms with Crippen LogP contribution in [0.2, 0.25) is 5.15 Å². The van der Waals surface area contributed by atoms with E-state index in [0.29, 0.717) is 6.42 Å². The molecular weight excluding hydrogens is 305 g/mol. The summed E-state index contributed by atoms with van der Waals surface area (Å²) in [5.41, 5.74) is 0.218. The highest BCUT2D eigenvalue weighted by Gasteiger charge is 2.31. The SMILES string of the molecule is FC(F)(F)c1cc(Cl)nc(OCCCc2ccncc2)c1. The van der Waals surface area contributed by atoms with E-state index in [-0.39, 0.29) is 17.6 Å². The number of hydrogen-bond acceptors (Lipinski definition) is 3. The van der Waals surface area contributed by atoms with E-state index in [9.17, 15) is 13.2 Å². The minimum Gasteiger partial charge on any atom is -0.478 e. The van der Waals surface area contributed by atoms with Gasteiger partial charge < -0.3 is 4.74 Å². The largest absolute Gasteiger partial charge is 0.478 e. The second-order valence-corrected chi connectivity index (χ2v) is 4.71. The quantitative estimate of drug-likeness (QED) is 0.613. The Morgan fingerprint density at radius 1 is 1.14 bits per heavy atom. The number of nitrogens with zero attached hydrogens (tertiary/aromatic N) is 2. The number of aromatic nitrogens is 2. The Bertz CT molecular complexity index is 591. The maximum Gasteiger partial charge on any atom is 0.416 e. The summed E-state index contributed by atoms with van der Waals surface area (Å²) in [6.07, 6.45) is 0.297. The highest BCUT2D eigenvalue weighted by atomic mass is 35.5. The van der Waals surface area contributed by atoms with E-state index < -0.39 is 11.7 Å². The van der Waals surface area contributed by atoms with Crippen LogP contribution in [0, 0.1) is 0 Å². The highest BCUT2D eigenvalue weighted by Crippen LogP contribution is 2.32. The van der Waals surface area contributed by atoms with E-state index in [1.54, 1.807) is 12.4 Å². The van der Waals surface area contributed by atoms with Gasteiger partial charge in [0.25, 0.3) is 0 Å². The lowest BCUT2D eigenvalue weighted by Gasteiger charge is -2.10. The molecule has 0 amide bonds. The van der Waals surface area contributed by atoms with Crippen molar-refractivity contribution >= 4 is 11.6 Å². The molecule has 0 saturated heterocycles. The zero-order valence-electron chi connectivity index (χ0n) is 10.9. The van der Waals surface area contributed by atoms with Crippen LogP contribution in [0.25, 0.3) is 0 Å². The van der Waals surface area contributed by atoms with Crippen molar-refractivity contribution in [3.05, 3.63) is 52.9 Å². The van der Waals surface area contributed by atoms with E-state index in [1.807, 2.05) is 12.1 Å². The molecule has 2 rings (SSSR count). The number of aryl methyl sites for hydroxylation is 1. The van der Waals surface area contributed by atoms with E-state index in [4.69, 9.17) is 16.3 Å². The van der Waals surface area contributed by atoms with E-state index in [2.05, 4.69) is 9.97 Å². The van der Waals surface area contributed by atoms with Gasteiger partial charge in [0.05, 0.1) is 12.2 Å². The average molecular weight is 317 g/mol. The van der Waals surface area contributed by atoms with Crippen molar-refractivity contribution in [2.24, 2.45) is 0 Å². The third-order valence-electron chi connectivity index (χ3n) is 2.71. The number of rotatable bonds is 5. The molecule has 0 bridgehead atoms. The summed E-state index contributed by atoms with van der Waals surface area (Å²) in [5, 5.41) is -0.242. The number of ether oxygens (including phenoxy) is 1. The second kappa shape index (κ2) is 6.76. The fourth-order valence-electron chi connectivity index (χ4n) is 1.71. The van der Waals surface area contributed by atoms with E-state index in [0.717, 1.165) is 24.1 Å². The van der Waals surface area contributed by atoms with Gasteiger partial charge in [0.15, 0.2) is 0 Å². The predicted octanol–water partition coefficient (Wildman–Crippen LogP) is 4.16. The Morgan fingerprint density at radius 2 is 1.86 bits per heavy atom. The van der Waals surface area contributed by atoms with Crippen LogP contribution in [0.3, 0.4) is 0 Å². The molecule has 7 heteroatoms. The number of pyridine rings is 2. The fraction of sp³-hybridized carbons (Fsp3) is 0.286. The summed E-state index contributed by atoms with van der Waals surface area (Å²) in [5.74, 6) is -0.121. The van der Waals surface area contributed by atoms with Crippen molar-refractivity contribution in [2.45, 2.75) is 19.0 Å². The lowest BCUT2D eigenvalue weighted by Crippen LogP contribution is -2.07. The Hall–Kier alpha value is -1.82. The van der Waals surface area contributed by atoms with Crippen LogP contribution < -0.4 is 4.74 Å². The van der Waals surface area contributed by atoms with Gasteiger partial charge in [-0.05, 0) is 36.6 Å². The van der Waals surface area contributed by atoms with Gasteiger partial charge in [-0.2, -0.15) is 13.2 Å². The Morgan fingerprint density at radius 3 is 2.52 bits per heavy atom. The summed E-state index contributed by atoms with van der Waals surface area (Å²) in [4.78, 5) is 7.63. The Kier molecular flexibility index (Phi) is 5.01. The van der Waals surface area contributed by atoms with Crippen LogP contribution in [-0.4, -0.2) is 16.6 Å². The third-order valence-corrected chi connectivity index (χ3v) is 2.90. The molecule has 0 radical (unpaired) electrons. The Labute approximate surface area is 124 Å². The average Bonchev–Trinajstić information content (AvgIpc) is 2.43. The van der Waals surface area contributed by atoms with Gasteiger partial charge in [0.1, 0.15) is 5.15 Å².